The normalized spacial score (nSPS) is 19.1. The maximum Gasteiger partial charge on any atom is 0.251 e. The number of aryl methyl sites for hydroxylation is 1. The van der Waals surface area contributed by atoms with E-state index in [4.69, 9.17) is 0 Å². The van der Waals surface area contributed by atoms with Gasteiger partial charge in [0.25, 0.3) is 5.91 Å². The lowest BCUT2D eigenvalue weighted by Crippen LogP contribution is -2.41. The summed E-state index contributed by atoms with van der Waals surface area (Å²) in [4.78, 5) is 27.1. The number of carbonyl (C=O) groups is 2. The van der Waals surface area contributed by atoms with Gasteiger partial charge in [-0.25, -0.2) is 4.68 Å². The third kappa shape index (κ3) is 3.83. The third-order valence-corrected chi connectivity index (χ3v) is 4.03. The van der Waals surface area contributed by atoms with Crippen LogP contribution in [0.1, 0.15) is 49.2 Å². The van der Waals surface area contributed by atoms with Gasteiger partial charge >= 0.3 is 0 Å². The van der Waals surface area contributed by atoms with Crippen molar-refractivity contribution in [3.05, 3.63) is 42.0 Å². The monoisotopic (exact) mass is 329 g/mol. The van der Waals surface area contributed by atoms with Crippen LogP contribution in [0.5, 0.6) is 0 Å². The molecule has 0 aliphatic carbocycles. The van der Waals surface area contributed by atoms with E-state index in [9.17, 15) is 14.7 Å². The average molecular weight is 329 g/mol. The van der Waals surface area contributed by atoms with Crippen LogP contribution in [0.15, 0.2) is 30.6 Å². The van der Waals surface area contributed by atoms with Gasteiger partial charge in [-0.1, -0.05) is 11.3 Å². The lowest BCUT2D eigenvalue weighted by Gasteiger charge is -2.20. The number of nitrogens with zero attached hydrogens (tertiary/aromatic N) is 4. The summed E-state index contributed by atoms with van der Waals surface area (Å²) < 4.78 is 1.51. The molecule has 2 aromatic heterocycles. The number of hydrogen-bond acceptors (Lipinski definition) is 6. The van der Waals surface area contributed by atoms with Crippen molar-refractivity contribution in [3.63, 3.8) is 0 Å². The van der Waals surface area contributed by atoms with Crippen LogP contribution < -0.4 is 5.32 Å². The topological polar surface area (TPSA) is 110 Å². The summed E-state index contributed by atoms with van der Waals surface area (Å²) in [7, 11) is 0. The van der Waals surface area contributed by atoms with E-state index in [0.717, 1.165) is 12.1 Å². The summed E-state index contributed by atoms with van der Waals surface area (Å²) in [6.07, 6.45) is 5.48. The molecule has 3 rings (SSSR count). The highest BCUT2D eigenvalue weighted by molar-refractivity contribution is 5.99. The SMILES string of the molecule is O=C1CCC(n2cc(CCCC(O)c3ccccn3)nn2)C(=O)N1. The Morgan fingerprint density at radius 1 is 1.38 bits per heavy atom. The summed E-state index contributed by atoms with van der Waals surface area (Å²) >= 11 is 0. The van der Waals surface area contributed by atoms with Crippen LogP contribution in [0.2, 0.25) is 0 Å². The number of aliphatic hydroxyl groups excluding tert-OH is 1. The van der Waals surface area contributed by atoms with E-state index in [2.05, 4.69) is 20.6 Å². The minimum absolute atomic E-state index is 0.250. The second kappa shape index (κ2) is 7.31. The highest BCUT2D eigenvalue weighted by Crippen LogP contribution is 2.19. The number of nitrogens with one attached hydrogen (secondary N) is 1. The van der Waals surface area contributed by atoms with Crippen LogP contribution in [0.4, 0.5) is 0 Å². The Morgan fingerprint density at radius 3 is 3.00 bits per heavy atom. The Kier molecular flexibility index (Phi) is 4.95. The van der Waals surface area contributed by atoms with Crippen molar-refractivity contribution in [2.45, 2.75) is 44.2 Å². The van der Waals surface area contributed by atoms with Crippen LogP contribution in [-0.2, 0) is 16.0 Å². The molecule has 8 nitrogen and oxygen atoms in total. The van der Waals surface area contributed by atoms with E-state index in [1.807, 2.05) is 12.1 Å². The summed E-state index contributed by atoms with van der Waals surface area (Å²) in [5.41, 5.74) is 1.41. The van der Waals surface area contributed by atoms with E-state index in [1.54, 1.807) is 18.5 Å². The second-order valence-corrected chi connectivity index (χ2v) is 5.82. The van der Waals surface area contributed by atoms with Gasteiger partial charge in [-0.05, 0) is 37.8 Å². The van der Waals surface area contributed by atoms with Gasteiger partial charge in [-0.15, -0.1) is 5.10 Å². The molecule has 0 spiro atoms. The maximum absolute atomic E-state index is 11.8. The molecule has 24 heavy (non-hydrogen) atoms. The van der Waals surface area contributed by atoms with Gasteiger partial charge in [-0.3, -0.25) is 19.9 Å². The number of hydrogen-bond donors (Lipinski definition) is 2. The quantitative estimate of drug-likeness (QED) is 0.755. The molecule has 1 fully saturated rings. The lowest BCUT2D eigenvalue weighted by atomic mass is 10.1. The van der Waals surface area contributed by atoms with Crippen LogP contribution in [0, 0.1) is 0 Å². The molecule has 2 aromatic rings. The molecule has 2 unspecified atom stereocenters. The van der Waals surface area contributed by atoms with Gasteiger partial charge in [0, 0.05) is 18.8 Å². The second-order valence-electron chi connectivity index (χ2n) is 5.82. The number of imide groups is 1. The van der Waals surface area contributed by atoms with Crippen molar-refractivity contribution in [1.82, 2.24) is 25.3 Å². The molecular formula is C16H19N5O3. The van der Waals surface area contributed by atoms with Crippen molar-refractivity contribution < 1.29 is 14.7 Å². The molecule has 2 atom stereocenters. The standard InChI is InChI=1S/C16H19N5O3/c22-14(12-5-1-2-9-17-12)6-3-4-11-10-21(20-19-11)13-7-8-15(23)18-16(13)24/h1-2,5,9-10,13-14,22H,3-4,6-8H2,(H,18,23,24). The minimum atomic E-state index is -0.601. The molecule has 0 saturated carbocycles. The third-order valence-electron chi connectivity index (χ3n) is 4.03. The molecule has 0 bridgehead atoms. The number of amides is 2. The van der Waals surface area contributed by atoms with Gasteiger partial charge in [0.2, 0.25) is 5.91 Å². The molecule has 3 heterocycles. The molecule has 2 amide bonds. The average Bonchev–Trinajstić information content (AvgIpc) is 3.04. The largest absolute Gasteiger partial charge is 0.387 e. The van der Waals surface area contributed by atoms with Crippen molar-refractivity contribution >= 4 is 11.8 Å². The fraction of sp³-hybridized carbons (Fsp3) is 0.438. The first-order chi connectivity index (χ1) is 11.6. The van der Waals surface area contributed by atoms with E-state index in [0.29, 0.717) is 31.4 Å². The number of carbonyl (C=O) groups excluding carboxylic acids is 2. The Hall–Kier alpha value is -2.61. The summed E-state index contributed by atoms with van der Waals surface area (Å²) in [6, 6.07) is 4.97. The molecule has 8 heteroatoms. The Labute approximate surface area is 138 Å². The predicted octanol–water partition coefficient (Wildman–Crippen LogP) is 0.707. The number of pyridine rings is 1. The van der Waals surface area contributed by atoms with Gasteiger partial charge in [0.05, 0.1) is 17.5 Å². The van der Waals surface area contributed by atoms with Crippen LogP contribution >= 0.6 is 0 Å². The van der Waals surface area contributed by atoms with E-state index in [1.165, 1.54) is 4.68 Å². The van der Waals surface area contributed by atoms with Crippen molar-refractivity contribution in [1.29, 1.82) is 0 Å². The fourth-order valence-corrected chi connectivity index (χ4v) is 2.71. The highest BCUT2D eigenvalue weighted by Gasteiger charge is 2.28. The molecule has 1 saturated heterocycles. The zero-order valence-corrected chi connectivity index (χ0v) is 13.1. The van der Waals surface area contributed by atoms with Crippen LogP contribution in [0.3, 0.4) is 0 Å². The van der Waals surface area contributed by atoms with Crippen molar-refractivity contribution in [2.75, 3.05) is 0 Å². The molecular weight excluding hydrogens is 310 g/mol. The first-order valence-electron chi connectivity index (χ1n) is 7.97. The molecule has 0 aromatic carbocycles. The zero-order chi connectivity index (χ0) is 16.9. The van der Waals surface area contributed by atoms with E-state index < -0.39 is 12.1 Å². The maximum atomic E-state index is 11.8. The minimum Gasteiger partial charge on any atom is -0.387 e. The fourth-order valence-electron chi connectivity index (χ4n) is 2.71. The molecule has 1 aliphatic rings. The van der Waals surface area contributed by atoms with Crippen LogP contribution in [-0.4, -0.2) is 36.9 Å². The Balaban J connectivity index is 1.51. The molecule has 2 N–H and O–H groups in total. The summed E-state index contributed by atoms with van der Waals surface area (Å²) in [6.45, 7) is 0. The first-order valence-corrected chi connectivity index (χ1v) is 7.97. The van der Waals surface area contributed by atoms with Gasteiger partial charge in [-0.2, -0.15) is 0 Å². The van der Waals surface area contributed by atoms with E-state index in [-0.39, 0.29) is 11.8 Å². The smallest absolute Gasteiger partial charge is 0.251 e. The van der Waals surface area contributed by atoms with Gasteiger partial charge in [0.15, 0.2) is 0 Å². The van der Waals surface area contributed by atoms with Crippen LogP contribution in [0.25, 0.3) is 0 Å². The first kappa shape index (κ1) is 16.3. The highest BCUT2D eigenvalue weighted by atomic mass is 16.3. The predicted molar refractivity (Wildman–Crippen MR) is 83.6 cm³/mol. The summed E-state index contributed by atoms with van der Waals surface area (Å²) in [5, 5.41) is 20.4. The number of piperidine rings is 1. The van der Waals surface area contributed by atoms with E-state index >= 15 is 0 Å². The van der Waals surface area contributed by atoms with Gasteiger partial charge in [0.1, 0.15) is 6.04 Å². The Bertz CT molecular complexity index is 716. The molecule has 0 radical (unpaired) electrons. The zero-order valence-electron chi connectivity index (χ0n) is 13.1. The molecule has 126 valence electrons. The van der Waals surface area contributed by atoms with Crippen molar-refractivity contribution in [3.8, 4) is 0 Å². The van der Waals surface area contributed by atoms with Gasteiger partial charge < -0.3 is 5.11 Å². The molecule has 1 aliphatic heterocycles. The lowest BCUT2D eigenvalue weighted by molar-refractivity contribution is -0.136. The summed E-state index contributed by atoms with van der Waals surface area (Å²) in [5.74, 6) is -0.589. The number of aromatic nitrogens is 4. The van der Waals surface area contributed by atoms with Crippen molar-refractivity contribution in [2.24, 2.45) is 0 Å². The number of rotatable bonds is 6. The number of aliphatic hydroxyl groups is 1. The Morgan fingerprint density at radius 2 is 2.25 bits per heavy atom.